The van der Waals surface area contributed by atoms with Gasteiger partial charge in [-0.3, -0.25) is 4.79 Å². The Bertz CT molecular complexity index is 997. The van der Waals surface area contributed by atoms with Crippen molar-refractivity contribution >= 4 is 34.8 Å². The van der Waals surface area contributed by atoms with Gasteiger partial charge in [0.25, 0.3) is 5.91 Å². The lowest BCUT2D eigenvalue weighted by Gasteiger charge is -2.34. The maximum absolute atomic E-state index is 12.5. The second kappa shape index (κ2) is 7.47. The first kappa shape index (κ1) is 17.6. The third-order valence-corrected chi connectivity index (χ3v) is 4.33. The normalized spacial score (nSPS) is 23.1. The lowest BCUT2D eigenvalue weighted by Crippen LogP contribution is -2.48. The Morgan fingerprint density at radius 1 is 1.21 bits per heavy atom. The van der Waals surface area contributed by atoms with Crippen LogP contribution >= 0.6 is 0 Å². The van der Waals surface area contributed by atoms with Gasteiger partial charge in [-0.1, -0.05) is 0 Å². The summed E-state index contributed by atoms with van der Waals surface area (Å²) in [6.07, 6.45) is 7.21. The zero-order valence-corrected chi connectivity index (χ0v) is 14.6. The van der Waals surface area contributed by atoms with E-state index in [1.165, 1.54) is 6.33 Å². The van der Waals surface area contributed by atoms with E-state index in [4.69, 9.17) is 9.47 Å². The van der Waals surface area contributed by atoms with Crippen molar-refractivity contribution in [3.8, 4) is 0 Å². The smallest absolute Gasteiger partial charge is 0.336 e. The highest BCUT2D eigenvalue weighted by Crippen LogP contribution is 2.23. The topological polar surface area (TPSA) is 139 Å². The number of H-pyrrole nitrogens is 1. The molecule has 0 radical (unpaired) electrons. The van der Waals surface area contributed by atoms with Crippen LogP contribution in [0.5, 0.6) is 0 Å². The minimum absolute atomic E-state index is 0.217. The number of aromatic amines is 1. The summed E-state index contributed by atoms with van der Waals surface area (Å²) in [7, 11) is 0. The minimum Gasteiger partial charge on any atom is -0.427 e. The van der Waals surface area contributed by atoms with Crippen molar-refractivity contribution in [3.63, 3.8) is 0 Å². The second-order valence-electron chi connectivity index (χ2n) is 6.23. The van der Waals surface area contributed by atoms with Crippen molar-refractivity contribution in [3.05, 3.63) is 36.8 Å². The van der Waals surface area contributed by atoms with Gasteiger partial charge < -0.3 is 24.7 Å². The van der Waals surface area contributed by atoms with E-state index in [1.807, 2.05) is 4.90 Å². The fourth-order valence-corrected chi connectivity index (χ4v) is 3.09. The van der Waals surface area contributed by atoms with Crippen molar-refractivity contribution in [2.24, 2.45) is 0 Å². The number of carbonyl (C=O) groups excluding carboxylic acids is 3. The highest BCUT2D eigenvalue weighted by Gasteiger charge is 2.27. The van der Waals surface area contributed by atoms with Gasteiger partial charge in [-0.25, -0.2) is 24.5 Å². The molecule has 0 unspecified atom stereocenters. The van der Waals surface area contributed by atoms with Gasteiger partial charge in [-0.05, 0) is 12.8 Å². The Labute approximate surface area is 158 Å². The Balaban J connectivity index is 1.46. The van der Waals surface area contributed by atoms with E-state index < -0.39 is 17.8 Å². The molecule has 2 aromatic rings. The number of ether oxygens (including phenoxy) is 2. The van der Waals surface area contributed by atoms with Crippen LogP contribution in [-0.4, -0.2) is 56.9 Å². The molecule has 4 heterocycles. The SMILES string of the molecule is O=C1/C=C\C(=O)O/C(C(=O)N[C@@H]2CCCN(c3ncnc4nc[nH]c34)C2)=C\O1. The van der Waals surface area contributed by atoms with Gasteiger partial charge in [0.15, 0.2) is 11.5 Å². The molecule has 1 amide bonds. The van der Waals surface area contributed by atoms with Gasteiger partial charge in [-0.2, -0.15) is 0 Å². The maximum Gasteiger partial charge on any atom is 0.336 e. The van der Waals surface area contributed by atoms with E-state index >= 15 is 0 Å². The summed E-state index contributed by atoms with van der Waals surface area (Å²) in [5.74, 6) is -1.91. The molecule has 0 saturated carbocycles. The maximum atomic E-state index is 12.5. The van der Waals surface area contributed by atoms with E-state index in [1.54, 1.807) is 6.33 Å². The molecular weight excluding hydrogens is 368 g/mol. The number of nitrogens with zero attached hydrogens (tertiary/aromatic N) is 4. The number of anilines is 1. The highest BCUT2D eigenvalue weighted by molar-refractivity contribution is 5.99. The highest BCUT2D eigenvalue weighted by atomic mass is 16.6. The number of hydrogen-bond acceptors (Lipinski definition) is 9. The summed E-state index contributed by atoms with van der Waals surface area (Å²) in [6.45, 7) is 1.26. The van der Waals surface area contributed by atoms with Crippen LogP contribution in [0.25, 0.3) is 11.2 Å². The molecule has 1 saturated heterocycles. The third-order valence-electron chi connectivity index (χ3n) is 4.33. The first-order chi connectivity index (χ1) is 13.6. The summed E-state index contributed by atoms with van der Waals surface area (Å²) in [5, 5.41) is 2.80. The molecule has 11 heteroatoms. The average molecular weight is 384 g/mol. The third kappa shape index (κ3) is 3.68. The van der Waals surface area contributed by atoms with Crippen molar-refractivity contribution in [2.45, 2.75) is 18.9 Å². The number of imidazole rings is 1. The van der Waals surface area contributed by atoms with Crippen LogP contribution in [0, 0.1) is 0 Å². The van der Waals surface area contributed by atoms with Crippen LogP contribution in [0.4, 0.5) is 5.82 Å². The molecule has 0 aromatic carbocycles. The monoisotopic (exact) mass is 384 g/mol. The molecule has 1 fully saturated rings. The zero-order chi connectivity index (χ0) is 19.5. The molecule has 28 heavy (non-hydrogen) atoms. The zero-order valence-electron chi connectivity index (χ0n) is 14.6. The summed E-state index contributed by atoms with van der Waals surface area (Å²) in [6, 6.07) is -0.217. The molecule has 4 rings (SSSR count). The molecular formula is C17H16N6O5. The number of fused-ring (bicyclic) bond motifs is 1. The molecule has 2 aliphatic heterocycles. The van der Waals surface area contributed by atoms with Crippen molar-refractivity contribution in [1.82, 2.24) is 25.3 Å². The van der Waals surface area contributed by atoms with E-state index in [-0.39, 0.29) is 11.8 Å². The number of cyclic esters (lactones) is 2. The Morgan fingerprint density at radius 2 is 2.07 bits per heavy atom. The first-order valence-electron chi connectivity index (χ1n) is 8.61. The largest absolute Gasteiger partial charge is 0.427 e. The predicted molar refractivity (Wildman–Crippen MR) is 94.5 cm³/mol. The molecule has 11 nitrogen and oxygen atoms in total. The molecule has 2 aliphatic rings. The van der Waals surface area contributed by atoms with Gasteiger partial charge in [-0.15, -0.1) is 0 Å². The number of amides is 1. The number of esters is 2. The Morgan fingerprint density at radius 3 is 2.96 bits per heavy atom. The Kier molecular flexibility index (Phi) is 4.70. The van der Waals surface area contributed by atoms with Gasteiger partial charge in [0.2, 0.25) is 5.76 Å². The fraction of sp³-hybridized carbons (Fsp3) is 0.294. The van der Waals surface area contributed by atoms with Gasteiger partial charge >= 0.3 is 11.9 Å². The number of piperidine rings is 1. The molecule has 0 bridgehead atoms. The molecule has 144 valence electrons. The van der Waals surface area contributed by atoms with Gasteiger partial charge in [0.1, 0.15) is 18.1 Å². The number of rotatable bonds is 3. The number of hydrogen-bond donors (Lipinski definition) is 2. The number of aromatic nitrogens is 4. The lowest BCUT2D eigenvalue weighted by molar-refractivity contribution is -0.141. The van der Waals surface area contributed by atoms with Crippen LogP contribution in [0.15, 0.2) is 36.8 Å². The second-order valence-corrected chi connectivity index (χ2v) is 6.23. The van der Waals surface area contributed by atoms with Crippen molar-refractivity contribution < 1.29 is 23.9 Å². The van der Waals surface area contributed by atoms with Crippen molar-refractivity contribution in [2.75, 3.05) is 18.0 Å². The van der Waals surface area contributed by atoms with E-state index in [2.05, 4.69) is 25.3 Å². The minimum atomic E-state index is -0.828. The van der Waals surface area contributed by atoms with E-state index in [9.17, 15) is 14.4 Å². The quantitative estimate of drug-likeness (QED) is 0.696. The number of nitrogens with one attached hydrogen (secondary N) is 2. The van der Waals surface area contributed by atoms with Crippen LogP contribution in [0.2, 0.25) is 0 Å². The van der Waals surface area contributed by atoms with E-state index in [0.717, 1.165) is 43.3 Å². The summed E-state index contributed by atoms with van der Waals surface area (Å²) < 4.78 is 9.62. The molecule has 1 atom stereocenters. The first-order valence-corrected chi connectivity index (χ1v) is 8.61. The van der Waals surface area contributed by atoms with Crippen LogP contribution in [0.1, 0.15) is 12.8 Å². The molecule has 2 N–H and O–H groups in total. The standard InChI is InChI=1S/C17H16N6O5/c24-12-3-4-13(25)28-11(7-27-12)17(26)22-10-2-1-5-23(6-10)16-14-15(19-8-18-14)20-9-21-16/h3-4,7-10H,1-2,5-6H2,(H,22,26)(H,18,19,20,21)/b4-3-,11-7-/t10-/m1/s1. The van der Waals surface area contributed by atoms with Gasteiger partial charge in [0.05, 0.1) is 6.33 Å². The fourth-order valence-electron chi connectivity index (χ4n) is 3.09. The molecule has 0 spiro atoms. The predicted octanol–water partition coefficient (Wildman–Crippen LogP) is -0.0645. The molecule has 2 aromatic heterocycles. The summed E-state index contributed by atoms with van der Waals surface area (Å²) in [4.78, 5) is 52.9. The van der Waals surface area contributed by atoms with Gasteiger partial charge in [0, 0.05) is 31.3 Å². The van der Waals surface area contributed by atoms with E-state index in [0.29, 0.717) is 18.0 Å². The van der Waals surface area contributed by atoms with Crippen LogP contribution in [-0.2, 0) is 23.9 Å². The van der Waals surface area contributed by atoms with Crippen LogP contribution in [0.3, 0.4) is 0 Å². The van der Waals surface area contributed by atoms with Crippen LogP contribution < -0.4 is 10.2 Å². The van der Waals surface area contributed by atoms with Crippen molar-refractivity contribution in [1.29, 1.82) is 0 Å². The number of carbonyl (C=O) groups is 3. The summed E-state index contributed by atoms with van der Waals surface area (Å²) >= 11 is 0. The summed E-state index contributed by atoms with van der Waals surface area (Å²) in [5.41, 5.74) is 1.29. The Hall–Kier alpha value is -3.76. The molecule has 0 aliphatic carbocycles. The average Bonchev–Trinajstić information content (AvgIpc) is 3.17. The lowest BCUT2D eigenvalue weighted by atomic mass is 10.1.